The molecule has 0 bridgehead atoms. The standard InChI is InChI=1S/C35H24N2/c1-4-13-25(14-5-1)28-19-12-20-29(23-28)37-33-22-11-10-21-30(33)34-35(37)31(26-15-6-2-7-16-26)24-32(36-34)27-17-8-3-9-18-27/h1-24H. The summed E-state index contributed by atoms with van der Waals surface area (Å²) in [6.07, 6.45) is 0. The summed E-state index contributed by atoms with van der Waals surface area (Å²) in [5.41, 5.74) is 11.3. The molecule has 0 aliphatic carbocycles. The molecular formula is C35H24N2. The highest BCUT2D eigenvalue weighted by molar-refractivity contribution is 6.12. The Morgan fingerprint density at radius 3 is 1.78 bits per heavy atom. The predicted molar refractivity (Wildman–Crippen MR) is 155 cm³/mol. The van der Waals surface area contributed by atoms with E-state index in [0.29, 0.717) is 0 Å². The summed E-state index contributed by atoms with van der Waals surface area (Å²) in [5, 5.41) is 1.15. The van der Waals surface area contributed by atoms with Gasteiger partial charge in [0.25, 0.3) is 0 Å². The quantitative estimate of drug-likeness (QED) is 0.250. The highest BCUT2D eigenvalue weighted by Crippen LogP contribution is 2.39. The van der Waals surface area contributed by atoms with Gasteiger partial charge in [-0.25, -0.2) is 4.98 Å². The van der Waals surface area contributed by atoms with E-state index in [0.717, 1.165) is 38.9 Å². The number of aromatic nitrogens is 2. The number of fused-ring (bicyclic) bond motifs is 3. The van der Waals surface area contributed by atoms with E-state index in [4.69, 9.17) is 4.98 Å². The van der Waals surface area contributed by atoms with Crippen LogP contribution in [-0.2, 0) is 0 Å². The SMILES string of the molecule is c1ccc(-c2cccc(-n3c4ccccc4c4nc(-c5ccccc5)cc(-c5ccccc5)c43)c2)cc1. The van der Waals surface area contributed by atoms with Crippen LogP contribution in [0.2, 0.25) is 0 Å². The van der Waals surface area contributed by atoms with E-state index in [1.54, 1.807) is 0 Å². The van der Waals surface area contributed by atoms with Crippen LogP contribution in [0.4, 0.5) is 0 Å². The van der Waals surface area contributed by atoms with Gasteiger partial charge in [-0.05, 0) is 41.0 Å². The van der Waals surface area contributed by atoms with Gasteiger partial charge in [-0.3, -0.25) is 0 Å². The van der Waals surface area contributed by atoms with Gasteiger partial charge in [0.2, 0.25) is 0 Å². The fraction of sp³-hybridized carbons (Fsp3) is 0. The normalized spacial score (nSPS) is 11.2. The van der Waals surface area contributed by atoms with Crippen molar-refractivity contribution in [3.8, 4) is 39.2 Å². The predicted octanol–water partition coefficient (Wildman–Crippen LogP) is 9.18. The Morgan fingerprint density at radius 2 is 1.05 bits per heavy atom. The molecule has 0 unspecified atom stereocenters. The van der Waals surface area contributed by atoms with Crippen LogP contribution >= 0.6 is 0 Å². The molecule has 37 heavy (non-hydrogen) atoms. The molecule has 0 aliphatic heterocycles. The molecule has 0 saturated carbocycles. The van der Waals surface area contributed by atoms with Crippen LogP contribution in [0.1, 0.15) is 0 Å². The minimum atomic E-state index is 0.980. The van der Waals surface area contributed by atoms with Gasteiger partial charge in [0.05, 0.1) is 22.2 Å². The van der Waals surface area contributed by atoms with Gasteiger partial charge in [0, 0.05) is 22.2 Å². The lowest BCUT2D eigenvalue weighted by Gasteiger charge is -2.14. The van der Waals surface area contributed by atoms with Crippen molar-refractivity contribution in [2.24, 2.45) is 0 Å². The molecule has 0 aliphatic rings. The molecule has 7 aromatic rings. The Balaban J connectivity index is 1.59. The zero-order valence-electron chi connectivity index (χ0n) is 20.3. The maximum atomic E-state index is 5.27. The second-order valence-corrected chi connectivity index (χ2v) is 9.25. The van der Waals surface area contributed by atoms with Crippen LogP contribution in [0, 0.1) is 0 Å². The van der Waals surface area contributed by atoms with E-state index in [1.165, 1.54) is 22.3 Å². The van der Waals surface area contributed by atoms with Gasteiger partial charge < -0.3 is 4.57 Å². The van der Waals surface area contributed by atoms with E-state index >= 15 is 0 Å². The van der Waals surface area contributed by atoms with Crippen molar-refractivity contribution >= 4 is 21.9 Å². The second kappa shape index (κ2) is 8.92. The highest BCUT2D eigenvalue weighted by atomic mass is 15.0. The number of nitrogens with zero attached hydrogens (tertiary/aromatic N) is 2. The maximum Gasteiger partial charge on any atom is 0.0977 e. The molecule has 0 amide bonds. The van der Waals surface area contributed by atoms with E-state index in [-0.39, 0.29) is 0 Å². The summed E-state index contributed by atoms with van der Waals surface area (Å²) in [5.74, 6) is 0. The third-order valence-electron chi connectivity index (χ3n) is 6.98. The Kier molecular flexibility index (Phi) is 5.15. The molecule has 0 saturated heterocycles. The molecule has 2 heterocycles. The molecule has 174 valence electrons. The topological polar surface area (TPSA) is 17.8 Å². The Morgan fingerprint density at radius 1 is 0.459 bits per heavy atom. The average molecular weight is 473 g/mol. The number of benzene rings is 5. The number of para-hydroxylation sites is 1. The molecule has 7 rings (SSSR count). The molecule has 2 heteroatoms. The molecule has 0 spiro atoms. The van der Waals surface area contributed by atoms with Crippen molar-refractivity contribution in [3.63, 3.8) is 0 Å². The zero-order valence-corrected chi connectivity index (χ0v) is 20.3. The monoisotopic (exact) mass is 472 g/mol. The van der Waals surface area contributed by atoms with Crippen molar-refractivity contribution in [3.05, 3.63) is 146 Å². The molecule has 0 atom stereocenters. The third-order valence-corrected chi connectivity index (χ3v) is 6.98. The Bertz CT molecular complexity index is 1850. The van der Waals surface area contributed by atoms with Crippen molar-refractivity contribution in [2.45, 2.75) is 0 Å². The molecule has 0 fully saturated rings. The number of rotatable bonds is 4. The Labute approximate surface area is 216 Å². The zero-order chi connectivity index (χ0) is 24.6. The van der Waals surface area contributed by atoms with Gasteiger partial charge in [-0.1, -0.05) is 121 Å². The van der Waals surface area contributed by atoms with Gasteiger partial charge in [-0.15, -0.1) is 0 Å². The number of hydrogen-bond donors (Lipinski definition) is 0. The minimum Gasteiger partial charge on any atom is -0.307 e. The van der Waals surface area contributed by atoms with Gasteiger partial charge >= 0.3 is 0 Å². The van der Waals surface area contributed by atoms with Gasteiger partial charge in [-0.2, -0.15) is 0 Å². The first-order valence-corrected chi connectivity index (χ1v) is 12.6. The van der Waals surface area contributed by atoms with Crippen molar-refractivity contribution in [1.82, 2.24) is 9.55 Å². The molecule has 0 N–H and O–H groups in total. The third kappa shape index (κ3) is 3.71. The highest BCUT2D eigenvalue weighted by Gasteiger charge is 2.19. The maximum absolute atomic E-state index is 5.27. The summed E-state index contributed by atoms with van der Waals surface area (Å²) in [6, 6.07) is 51.3. The van der Waals surface area contributed by atoms with E-state index < -0.39 is 0 Å². The van der Waals surface area contributed by atoms with Crippen LogP contribution in [0.5, 0.6) is 0 Å². The molecule has 2 nitrogen and oxygen atoms in total. The van der Waals surface area contributed by atoms with E-state index in [2.05, 4.69) is 144 Å². The first-order valence-electron chi connectivity index (χ1n) is 12.6. The van der Waals surface area contributed by atoms with Crippen LogP contribution < -0.4 is 0 Å². The van der Waals surface area contributed by atoms with Crippen LogP contribution in [0.15, 0.2) is 146 Å². The van der Waals surface area contributed by atoms with Crippen molar-refractivity contribution in [1.29, 1.82) is 0 Å². The lowest BCUT2D eigenvalue weighted by molar-refractivity contribution is 1.18. The molecule has 0 radical (unpaired) electrons. The van der Waals surface area contributed by atoms with E-state index in [1.807, 2.05) is 6.07 Å². The minimum absolute atomic E-state index is 0.980. The van der Waals surface area contributed by atoms with Crippen LogP contribution in [0.3, 0.4) is 0 Å². The van der Waals surface area contributed by atoms with Crippen LogP contribution in [-0.4, -0.2) is 9.55 Å². The van der Waals surface area contributed by atoms with E-state index in [9.17, 15) is 0 Å². The first-order chi connectivity index (χ1) is 18.4. The fourth-order valence-electron chi connectivity index (χ4n) is 5.26. The Hall–Kier alpha value is -4.95. The van der Waals surface area contributed by atoms with Gasteiger partial charge in [0.15, 0.2) is 0 Å². The summed E-state index contributed by atoms with van der Waals surface area (Å²) < 4.78 is 2.38. The number of hydrogen-bond acceptors (Lipinski definition) is 1. The van der Waals surface area contributed by atoms with Crippen LogP contribution in [0.25, 0.3) is 61.1 Å². The average Bonchev–Trinajstić information content (AvgIpc) is 3.32. The second-order valence-electron chi connectivity index (χ2n) is 9.25. The lowest BCUT2D eigenvalue weighted by Crippen LogP contribution is -1.97. The largest absolute Gasteiger partial charge is 0.307 e. The van der Waals surface area contributed by atoms with Crippen molar-refractivity contribution in [2.75, 3.05) is 0 Å². The smallest absolute Gasteiger partial charge is 0.0977 e. The lowest BCUT2D eigenvalue weighted by atomic mass is 10.0. The number of pyridine rings is 1. The summed E-state index contributed by atoms with van der Waals surface area (Å²) in [7, 11) is 0. The summed E-state index contributed by atoms with van der Waals surface area (Å²) in [6.45, 7) is 0. The summed E-state index contributed by atoms with van der Waals surface area (Å²) >= 11 is 0. The molecule has 5 aromatic carbocycles. The molecule has 2 aromatic heterocycles. The first kappa shape index (κ1) is 21.3. The summed E-state index contributed by atoms with van der Waals surface area (Å²) in [4.78, 5) is 5.27. The van der Waals surface area contributed by atoms with Gasteiger partial charge in [0.1, 0.15) is 0 Å². The molecular weight excluding hydrogens is 448 g/mol. The fourth-order valence-corrected chi connectivity index (χ4v) is 5.26. The van der Waals surface area contributed by atoms with Crippen molar-refractivity contribution < 1.29 is 0 Å².